The molecule has 2 unspecified atom stereocenters. The molecule has 0 aromatic heterocycles. The third-order valence-corrected chi connectivity index (χ3v) is 3.47. The number of rotatable bonds is 7. The lowest BCUT2D eigenvalue weighted by Crippen LogP contribution is -2.38. The van der Waals surface area contributed by atoms with Gasteiger partial charge in [0.15, 0.2) is 0 Å². The van der Waals surface area contributed by atoms with Crippen molar-refractivity contribution in [2.75, 3.05) is 13.7 Å². The highest BCUT2D eigenvalue weighted by Crippen LogP contribution is 2.18. The second-order valence-electron chi connectivity index (χ2n) is 5.23. The summed E-state index contributed by atoms with van der Waals surface area (Å²) in [6.45, 7) is 7.30. The van der Waals surface area contributed by atoms with Crippen LogP contribution in [0.25, 0.3) is 0 Å². The number of methoxy groups -OCH3 is 1. The zero-order chi connectivity index (χ0) is 13.5. The maximum absolute atomic E-state index is 5.67. The molecule has 0 aliphatic heterocycles. The average molecular weight is 250 g/mol. The summed E-state index contributed by atoms with van der Waals surface area (Å²) in [6.07, 6.45) is 2.00. The van der Waals surface area contributed by atoms with Crippen molar-refractivity contribution in [3.63, 3.8) is 0 Å². The van der Waals surface area contributed by atoms with Gasteiger partial charge in [-0.25, -0.2) is 0 Å². The summed E-state index contributed by atoms with van der Waals surface area (Å²) in [4.78, 5) is 0. The van der Waals surface area contributed by atoms with Gasteiger partial charge >= 0.3 is 0 Å². The van der Waals surface area contributed by atoms with Gasteiger partial charge in [0.05, 0.1) is 0 Å². The highest BCUT2D eigenvalue weighted by molar-refractivity contribution is 5.34. The van der Waals surface area contributed by atoms with E-state index in [1.54, 1.807) is 7.11 Å². The van der Waals surface area contributed by atoms with Gasteiger partial charge in [-0.05, 0) is 49.3 Å². The number of hydrogen-bond acceptors (Lipinski definition) is 3. The molecule has 18 heavy (non-hydrogen) atoms. The lowest BCUT2D eigenvalue weighted by Gasteiger charge is -2.21. The maximum Gasteiger partial charge on any atom is 0.0488 e. The first-order valence-electron chi connectivity index (χ1n) is 6.58. The third-order valence-electron chi connectivity index (χ3n) is 3.47. The Bertz CT molecular complexity index is 345. The molecule has 2 atom stereocenters. The van der Waals surface area contributed by atoms with E-state index >= 15 is 0 Å². The Hall–Kier alpha value is -0.900. The molecular formula is C15H26N2O. The van der Waals surface area contributed by atoms with E-state index in [2.05, 4.69) is 44.4 Å². The Balaban J connectivity index is 2.68. The van der Waals surface area contributed by atoms with Gasteiger partial charge in [-0.1, -0.05) is 25.1 Å². The Morgan fingerprint density at radius 1 is 1.28 bits per heavy atom. The molecule has 1 rings (SSSR count). The van der Waals surface area contributed by atoms with Crippen molar-refractivity contribution in [1.82, 2.24) is 5.43 Å². The Labute approximate surface area is 111 Å². The minimum absolute atomic E-state index is 0.301. The summed E-state index contributed by atoms with van der Waals surface area (Å²) in [6, 6.07) is 6.73. The van der Waals surface area contributed by atoms with Crippen LogP contribution in [-0.2, 0) is 11.2 Å². The smallest absolute Gasteiger partial charge is 0.0488 e. The summed E-state index contributed by atoms with van der Waals surface area (Å²) in [5, 5.41) is 0. The van der Waals surface area contributed by atoms with E-state index in [1.165, 1.54) is 16.7 Å². The van der Waals surface area contributed by atoms with Gasteiger partial charge in [0.25, 0.3) is 0 Å². The van der Waals surface area contributed by atoms with E-state index < -0.39 is 0 Å². The number of hydrazine groups is 1. The first-order valence-corrected chi connectivity index (χ1v) is 6.58. The molecule has 3 heteroatoms. The van der Waals surface area contributed by atoms with E-state index in [0.29, 0.717) is 12.0 Å². The van der Waals surface area contributed by atoms with E-state index in [9.17, 15) is 0 Å². The summed E-state index contributed by atoms with van der Waals surface area (Å²) in [5.41, 5.74) is 7.03. The molecular weight excluding hydrogens is 224 g/mol. The van der Waals surface area contributed by atoms with Gasteiger partial charge in [0, 0.05) is 19.8 Å². The topological polar surface area (TPSA) is 47.3 Å². The van der Waals surface area contributed by atoms with Crippen molar-refractivity contribution >= 4 is 0 Å². The monoisotopic (exact) mass is 250 g/mol. The summed E-state index contributed by atoms with van der Waals surface area (Å²) >= 11 is 0. The molecule has 0 heterocycles. The number of nitrogens with one attached hydrogen (secondary N) is 1. The fourth-order valence-electron chi connectivity index (χ4n) is 2.47. The van der Waals surface area contributed by atoms with Crippen LogP contribution >= 0.6 is 0 Å². The molecule has 102 valence electrons. The zero-order valence-electron chi connectivity index (χ0n) is 12.0. The normalized spacial score (nSPS) is 14.5. The molecule has 3 N–H and O–H groups in total. The molecule has 1 aromatic rings. The molecule has 0 radical (unpaired) electrons. The molecule has 0 aliphatic carbocycles. The van der Waals surface area contributed by atoms with Crippen LogP contribution in [0.5, 0.6) is 0 Å². The maximum atomic E-state index is 5.67. The highest BCUT2D eigenvalue weighted by atomic mass is 16.5. The van der Waals surface area contributed by atoms with Gasteiger partial charge in [-0.3, -0.25) is 11.3 Å². The van der Waals surface area contributed by atoms with Crippen molar-refractivity contribution < 1.29 is 4.74 Å². The first-order chi connectivity index (χ1) is 8.58. The SMILES string of the molecule is COCC(C)CC(Cc1c(C)cccc1C)NN. The summed E-state index contributed by atoms with van der Waals surface area (Å²) in [5.74, 6) is 6.19. The van der Waals surface area contributed by atoms with Crippen molar-refractivity contribution in [3.8, 4) is 0 Å². The summed E-state index contributed by atoms with van der Waals surface area (Å²) in [7, 11) is 1.74. The minimum Gasteiger partial charge on any atom is -0.384 e. The quantitative estimate of drug-likeness (QED) is 0.577. The van der Waals surface area contributed by atoms with Crippen molar-refractivity contribution in [1.29, 1.82) is 0 Å². The predicted octanol–water partition coefficient (Wildman–Crippen LogP) is 2.35. The molecule has 0 fully saturated rings. The van der Waals surface area contributed by atoms with Crippen LogP contribution in [0.4, 0.5) is 0 Å². The second kappa shape index (κ2) is 7.52. The van der Waals surface area contributed by atoms with Gasteiger partial charge in [-0.2, -0.15) is 0 Å². The molecule has 0 saturated heterocycles. The van der Waals surface area contributed by atoms with Crippen LogP contribution in [0.3, 0.4) is 0 Å². The average Bonchev–Trinajstić information content (AvgIpc) is 2.33. The molecule has 0 spiro atoms. The fourth-order valence-corrected chi connectivity index (χ4v) is 2.47. The molecule has 0 saturated carbocycles. The molecule has 1 aromatic carbocycles. The molecule has 0 bridgehead atoms. The summed E-state index contributed by atoms with van der Waals surface area (Å²) < 4.78 is 5.18. The Morgan fingerprint density at radius 2 is 1.89 bits per heavy atom. The van der Waals surface area contributed by atoms with Gasteiger partial charge in [-0.15, -0.1) is 0 Å². The molecule has 0 amide bonds. The highest BCUT2D eigenvalue weighted by Gasteiger charge is 2.14. The number of hydrogen-bond donors (Lipinski definition) is 2. The van der Waals surface area contributed by atoms with E-state index in [-0.39, 0.29) is 0 Å². The lowest BCUT2D eigenvalue weighted by molar-refractivity contribution is 0.149. The van der Waals surface area contributed by atoms with E-state index in [4.69, 9.17) is 10.6 Å². The van der Waals surface area contributed by atoms with Crippen molar-refractivity contribution in [2.24, 2.45) is 11.8 Å². The van der Waals surface area contributed by atoms with E-state index in [0.717, 1.165) is 19.4 Å². The van der Waals surface area contributed by atoms with E-state index in [1.807, 2.05) is 0 Å². The van der Waals surface area contributed by atoms with Gasteiger partial charge in [0.2, 0.25) is 0 Å². The number of nitrogens with two attached hydrogens (primary N) is 1. The minimum atomic E-state index is 0.301. The lowest BCUT2D eigenvalue weighted by atomic mass is 9.92. The number of aryl methyl sites for hydroxylation is 2. The third kappa shape index (κ3) is 4.41. The number of benzene rings is 1. The van der Waals surface area contributed by atoms with Crippen molar-refractivity contribution in [2.45, 2.75) is 39.7 Å². The first kappa shape index (κ1) is 15.2. The second-order valence-corrected chi connectivity index (χ2v) is 5.23. The van der Waals surface area contributed by atoms with Gasteiger partial charge in [0.1, 0.15) is 0 Å². The molecule has 0 aliphatic rings. The molecule has 3 nitrogen and oxygen atoms in total. The zero-order valence-corrected chi connectivity index (χ0v) is 12.0. The van der Waals surface area contributed by atoms with Crippen LogP contribution in [-0.4, -0.2) is 19.8 Å². The predicted molar refractivity (Wildman–Crippen MR) is 76.4 cm³/mol. The largest absolute Gasteiger partial charge is 0.384 e. The Kier molecular flexibility index (Phi) is 6.33. The van der Waals surface area contributed by atoms with Crippen molar-refractivity contribution in [3.05, 3.63) is 34.9 Å². The fraction of sp³-hybridized carbons (Fsp3) is 0.600. The van der Waals surface area contributed by atoms with Crippen LogP contribution in [0.2, 0.25) is 0 Å². The van der Waals surface area contributed by atoms with Gasteiger partial charge < -0.3 is 4.74 Å². The van der Waals surface area contributed by atoms with Crippen LogP contribution < -0.4 is 11.3 Å². The standard InChI is InChI=1S/C15H26N2O/c1-11(10-18-4)8-14(17-16)9-15-12(2)6-5-7-13(15)3/h5-7,11,14,17H,8-10,16H2,1-4H3. The van der Waals surface area contributed by atoms with Crippen LogP contribution in [0.1, 0.15) is 30.0 Å². The Morgan fingerprint density at radius 3 is 2.39 bits per heavy atom. The van der Waals surface area contributed by atoms with Crippen LogP contribution in [0, 0.1) is 19.8 Å². The number of ether oxygens (including phenoxy) is 1. The van der Waals surface area contributed by atoms with Crippen LogP contribution in [0.15, 0.2) is 18.2 Å².